The summed E-state index contributed by atoms with van der Waals surface area (Å²) in [4.78, 5) is 12.2. The lowest BCUT2D eigenvalue weighted by Gasteiger charge is -2.36. The van der Waals surface area contributed by atoms with Gasteiger partial charge in [-0.2, -0.15) is 0 Å². The Kier molecular flexibility index (Phi) is 4.28. The molecule has 0 aromatic rings. The highest BCUT2D eigenvalue weighted by Crippen LogP contribution is 2.35. The second kappa shape index (κ2) is 5.57. The van der Waals surface area contributed by atoms with Crippen molar-refractivity contribution in [2.45, 2.75) is 64.6 Å². The monoisotopic (exact) mass is 254 g/mol. The summed E-state index contributed by atoms with van der Waals surface area (Å²) in [7, 11) is 0. The normalized spacial score (nSPS) is 33.1. The molecular weight excluding hydrogens is 228 g/mol. The van der Waals surface area contributed by atoms with Crippen molar-refractivity contribution in [2.75, 3.05) is 13.2 Å². The fourth-order valence-corrected chi connectivity index (χ4v) is 2.86. The lowest BCUT2D eigenvalue weighted by Crippen LogP contribution is -2.57. The molecule has 2 N–H and O–H groups in total. The highest BCUT2D eigenvalue weighted by molar-refractivity contribution is 5.82. The Balaban J connectivity index is 1.81. The van der Waals surface area contributed by atoms with Gasteiger partial charge < -0.3 is 15.4 Å². The van der Waals surface area contributed by atoms with Crippen molar-refractivity contribution in [3.8, 4) is 0 Å². The van der Waals surface area contributed by atoms with E-state index < -0.39 is 0 Å². The largest absolute Gasteiger partial charge is 0.375 e. The van der Waals surface area contributed by atoms with Crippen LogP contribution in [0.2, 0.25) is 0 Å². The summed E-state index contributed by atoms with van der Waals surface area (Å²) >= 11 is 0. The van der Waals surface area contributed by atoms with Gasteiger partial charge in [-0.05, 0) is 38.0 Å². The number of hydrogen-bond acceptors (Lipinski definition) is 3. The first-order valence-electron chi connectivity index (χ1n) is 7.13. The zero-order valence-corrected chi connectivity index (χ0v) is 11.8. The Morgan fingerprint density at radius 1 is 1.33 bits per heavy atom. The molecule has 0 aromatic heterocycles. The van der Waals surface area contributed by atoms with E-state index in [1.807, 2.05) is 6.92 Å². The average Bonchev–Trinajstić information content (AvgIpc) is 2.32. The van der Waals surface area contributed by atoms with Gasteiger partial charge in [-0.3, -0.25) is 4.79 Å². The minimum absolute atomic E-state index is 0.0289. The third-order valence-corrected chi connectivity index (χ3v) is 4.28. The number of carbonyl (C=O) groups excluding carboxylic acids is 1. The standard InChI is InChI=1S/C14H26N2O2/c1-10-12(15-8-9-18-10)13(17)16-11-4-6-14(2,3)7-5-11/h10-12,15H,4-9H2,1-3H3,(H,16,17)/t10-,12+/m1/s1. The van der Waals surface area contributed by atoms with Crippen molar-refractivity contribution < 1.29 is 9.53 Å². The van der Waals surface area contributed by atoms with Crippen LogP contribution in [0.25, 0.3) is 0 Å². The molecule has 1 aliphatic heterocycles. The molecule has 1 amide bonds. The van der Waals surface area contributed by atoms with Gasteiger partial charge in [-0.1, -0.05) is 13.8 Å². The van der Waals surface area contributed by atoms with Gasteiger partial charge >= 0.3 is 0 Å². The maximum atomic E-state index is 12.2. The summed E-state index contributed by atoms with van der Waals surface area (Å²) in [6, 6.07) is 0.162. The predicted octanol–water partition coefficient (Wildman–Crippen LogP) is 1.45. The van der Waals surface area contributed by atoms with Gasteiger partial charge in [0.15, 0.2) is 0 Å². The highest BCUT2D eigenvalue weighted by atomic mass is 16.5. The maximum absolute atomic E-state index is 12.2. The summed E-state index contributed by atoms with van der Waals surface area (Å²) in [5.74, 6) is 0.104. The van der Waals surface area contributed by atoms with E-state index in [9.17, 15) is 4.79 Å². The first kappa shape index (κ1) is 13.8. The number of ether oxygens (including phenoxy) is 1. The molecule has 104 valence electrons. The van der Waals surface area contributed by atoms with Crippen molar-refractivity contribution in [3.63, 3.8) is 0 Å². The van der Waals surface area contributed by atoms with Crippen molar-refractivity contribution in [2.24, 2.45) is 5.41 Å². The zero-order valence-electron chi connectivity index (χ0n) is 11.8. The number of rotatable bonds is 2. The van der Waals surface area contributed by atoms with E-state index >= 15 is 0 Å². The second-order valence-corrected chi connectivity index (χ2v) is 6.45. The molecule has 2 rings (SSSR count). The van der Waals surface area contributed by atoms with Gasteiger partial charge in [0.25, 0.3) is 0 Å². The van der Waals surface area contributed by atoms with Crippen LogP contribution < -0.4 is 10.6 Å². The second-order valence-electron chi connectivity index (χ2n) is 6.45. The van der Waals surface area contributed by atoms with Crippen molar-refractivity contribution in [3.05, 3.63) is 0 Å². The molecule has 2 fully saturated rings. The molecule has 0 bridgehead atoms. The molecule has 2 atom stereocenters. The molecule has 1 heterocycles. The van der Waals surface area contributed by atoms with Gasteiger partial charge in [0, 0.05) is 12.6 Å². The summed E-state index contributed by atoms with van der Waals surface area (Å²) in [5.41, 5.74) is 0.445. The molecule has 1 saturated heterocycles. The van der Waals surface area contributed by atoms with Crippen LogP contribution in [0.4, 0.5) is 0 Å². The Morgan fingerprint density at radius 3 is 2.61 bits per heavy atom. The van der Waals surface area contributed by atoms with Crippen LogP contribution in [-0.4, -0.2) is 37.2 Å². The fraction of sp³-hybridized carbons (Fsp3) is 0.929. The number of amides is 1. The van der Waals surface area contributed by atoms with Gasteiger partial charge in [0.05, 0.1) is 12.7 Å². The van der Waals surface area contributed by atoms with E-state index in [0.717, 1.165) is 19.4 Å². The van der Waals surface area contributed by atoms with Crippen molar-refractivity contribution >= 4 is 5.91 Å². The fourth-order valence-electron chi connectivity index (χ4n) is 2.86. The third kappa shape index (κ3) is 3.45. The first-order chi connectivity index (χ1) is 8.48. The molecular formula is C14H26N2O2. The molecule has 4 heteroatoms. The topological polar surface area (TPSA) is 50.4 Å². The van der Waals surface area contributed by atoms with E-state index in [0.29, 0.717) is 18.1 Å². The number of nitrogens with one attached hydrogen (secondary N) is 2. The molecule has 0 radical (unpaired) electrons. The van der Waals surface area contributed by atoms with Gasteiger partial charge in [0.2, 0.25) is 5.91 Å². The number of carbonyl (C=O) groups is 1. The van der Waals surface area contributed by atoms with Gasteiger partial charge in [-0.25, -0.2) is 0 Å². The maximum Gasteiger partial charge on any atom is 0.240 e. The number of hydrogen-bond donors (Lipinski definition) is 2. The quantitative estimate of drug-likeness (QED) is 0.784. The van der Waals surface area contributed by atoms with Gasteiger partial charge in [0.1, 0.15) is 6.04 Å². The molecule has 2 aliphatic rings. The van der Waals surface area contributed by atoms with Crippen LogP contribution in [0.5, 0.6) is 0 Å². The van der Waals surface area contributed by atoms with E-state index in [4.69, 9.17) is 4.74 Å². The molecule has 1 aliphatic carbocycles. The smallest absolute Gasteiger partial charge is 0.240 e. The van der Waals surface area contributed by atoms with Crippen molar-refractivity contribution in [1.82, 2.24) is 10.6 Å². The third-order valence-electron chi connectivity index (χ3n) is 4.28. The Hall–Kier alpha value is -0.610. The van der Waals surface area contributed by atoms with Crippen molar-refractivity contribution in [1.29, 1.82) is 0 Å². The Labute approximate surface area is 110 Å². The molecule has 4 nitrogen and oxygen atoms in total. The van der Waals surface area contributed by atoms with Crippen LogP contribution in [0, 0.1) is 5.41 Å². The molecule has 1 saturated carbocycles. The SMILES string of the molecule is C[C@H]1OCCN[C@@H]1C(=O)NC1CCC(C)(C)CC1. The molecule has 0 spiro atoms. The summed E-state index contributed by atoms with van der Waals surface area (Å²) in [6.07, 6.45) is 4.56. The minimum Gasteiger partial charge on any atom is -0.375 e. The zero-order chi connectivity index (χ0) is 13.2. The number of morpholine rings is 1. The van der Waals surface area contributed by atoms with Crippen LogP contribution in [0.3, 0.4) is 0 Å². The van der Waals surface area contributed by atoms with Crippen LogP contribution in [-0.2, 0) is 9.53 Å². The van der Waals surface area contributed by atoms with Crippen LogP contribution in [0.1, 0.15) is 46.5 Å². The Bertz CT molecular complexity index is 294. The van der Waals surface area contributed by atoms with E-state index in [2.05, 4.69) is 24.5 Å². The molecule has 0 aromatic carbocycles. The van der Waals surface area contributed by atoms with E-state index in [1.165, 1.54) is 12.8 Å². The lowest BCUT2D eigenvalue weighted by molar-refractivity contribution is -0.130. The Morgan fingerprint density at radius 2 is 2.00 bits per heavy atom. The lowest BCUT2D eigenvalue weighted by atomic mass is 9.75. The predicted molar refractivity (Wildman–Crippen MR) is 71.4 cm³/mol. The highest BCUT2D eigenvalue weighted by Gasteiger charge is 2.32. The minimum atomic E-state index is -0.186. The van der Waals surface area contributed by atoms with Crippen LogP contribution >= 0.6 is 0 Å². The summed E-state index contributed by atoms with van der Waals surface area (Å²) in [6.45, 7) is 8.04. The summed E-state index contributed by atoms with van der Waals surface area (Å²) < 4.78 is 5.51. The molecule has 18 heavy (non-hydrogen) atoms. The van der Waals surface area contributed by atoms with E-state index in [1.54, 1.807) is 0 Å². The van der Waals surface area contributed by atoms with Crippen LogP contribution in [0.15, 0.2) is 0 Å². The first-order valence-corrected chi connectivity index (χ1v) is 7.13. The molecule has 0 unspecified atom stereocenters. The van der Waals surface area contributed by atoms with Gasteiger partial charge in [-0.15, -0.1) is 0 Å². The summed E-state index contributed by atoms with van der Waals surface area (Å²) in [5, 5.41) is 6.41. The van der Waals surface area contributed by atoms with E-state index in [-0.39, 0.29) is 18.1 Å². The average molecular weight is 254 g/mol.